The summed E-state index contributed by atoms with van der Waals surface area (Å²) >= 11 is 5.34. The van der Waals surface area contributed by atoms with Gasteiger partial charge < -0.3 is 5.32 Å². The third-order valence-corrected chi connectivity index (χ3v) is 3.81. The number of nitrogens with zero attached hydrogens (tertiary/aromatic N) is 3. The molecule has 112 valence electrons. The van der Waals surface area contributed by atoms with Gasteiger partial charge in [-0.05, 0) is 36.3 Å². The van der Waals surface area contributed by atoms with Gasteiger partial charge >= 0.3 is 0 Å². The van der Waals surface area contributed by atoms with Crippen LogP contribution >= 0.6 is 12.2 Å². The van der Waals surface area contributed by atoms with Gasteiger partial charge in [-0.3, -0.25) is 14.4 Å². The molecule has 0 spiro atoms. The van der Waals surface area contributed by atoms with Crippen LogP contribution in [0.2, 0.25) is 0 Å². The number of amides is 1. The molecule has 3 rings (SSSR count). The Morgan fingerprint density at radius 3 is 2.82 bits per heavy atom. The zero-order chi connectivity index (χ0) is 15.7. The molecular weight excluding hydrogens is 296 g/mol. The van der Waals surface area contributed by atoms with E-state index in [0.29, 0.717) is 10.8 Å². The molecular formula is C16H16N4OS. The summed E-state index contributed by atoms with van der Waals surface area (Å²) in [5, 5.41) is 7.49. The van der Waals surface area contributed by atoms with E-state index in [4.69, 9.17) is 12.2 Å². The van der Waals surface area contributed by atoms with E-state index in [9.17, 15) is 4.79 Å². The minimum absolute atomic E-state index is 0.144. The van der Waals surface area contributed by atoms with Crippen molar-refractivity contribution in [1.82, 2.24) is 15.1 Å². The standard InChI is InChI=1S/C16H16N4OS/c1-3-12-6-4-5-7-14(12)20-15(21)13(18-16(20)22)8-11-9-17-19(2)10-11/h4-10H,3H2,1-2H3,(H,18,22)/b13-8+. The van der Waals surface area contributed by atoms with E-state index >= 15 is 0 Å². The number of benzene rings is 1. The second-order valence-corrected chi connectivity index (χ2v) is 5.45. The number of hydrogen-bond donors (Lipinski definition) is 1. The number of hydrogen-bond acceptors (Lipinski definition) is 3. The number of para-hydroxylation sites is 1. The SMILES string of the molecule is CCc1ccccc1N1C(=O)/C(=C\c2cnn(C)c2)NC1=S. The molecule has 1 aliphatic heterocycles. The summed E-state index contributed by atoms with van der Waals surface area (Å²) in [6.07, 6.45) is 6.14. The first kappa shape index (κ1) is 14.5. The number of rotatable bonds is 3. The van der Waals surface area contributed by atoms with Crippen LogP contribution in [0, 0.1) is 0 Å². The molecule has 0 atom stereocenters. The molecule has 1 fully saturated rings. The summed E-state index contributed by atoms with van der Waals surface area (Å²) in [6, 6.07) is 7.80. The Bertz CT molecular complexity index is 778. The van der Waals surface area contributed by atoms with Crippen LogP contribution in [0.1, 0.15) is 18.1 Å². The van der Waals surface area contributed by atoms with Crippen LogP contribution in [0.5, 0.6) is 0 Å². The van der Waals surface area contributed by atoms with Crippen LogP contribution in [0.3, 0.4) is 0 Å². The Morgan fingerprint density at radius 1 is 1.36 bits per heavy atom. The van der Waals surface area contributed by atoms with Crippen LogP contribution in [0.4, 0.5) is 5.69 Å². The Labute approximate surface area is 134 Å². The van der Waals surface area contributed by atoms with E-state index in [2.05, 4.69) is 17.3 Å². The fraction of sp³-hybridized carbons (Fsp3) is 0.188. The van der Waals surface area contributed by atoms with Gasteiger partial charge in [-0.2, -0.15) is 5.10 Å². The van der Waals surface area contributed by atoms with Crippen molar-refractivity contribution in [2.45, 2.75) is 13.3 Å². The minimum atomic E-state index is -0.144. The van der Waals surface area contributed by atoms with Gasteiger partial charge in [0.15, 0.2) is 5.11 Å². The monoisotopic (exact) mass is 312 g/mol. The van der Waals surface area contributed by atoms with Gasteiger partial charge in [-0.15, -0.1) is 0 Å². The molecule has 0 radical (unpaired) electrons. The van der Waals surface area contributed by atoms with Gasteiger partial charge in [0.25, 0.3) is 5.91 Å². The molecule has 2 aromatic rings. The van der Waals surface area contributed by atoms with Gasteiger partial charge in [-0.1, -0.05) is 25.1 Å². The lowest BCUT2D eigenvalue weighted by atomic mass is 10.1. The lowest BCUT2D eigenvalue weighted by Crippen LogP contribution is -2.31. The highest BCUT2D eigenvalue weighted by Crippen LogP contribution is 2.26. The zero-order valence-corrected chi connectivity index (χ0v) is 13.2. The summed E-state index contributed by atoms with van der Waals surface area (Å²) in [4.78, 5) is 14.2. The molecule has 1 aliphatic rings. The fourth-order valence-corrected chi connectivity index (χ4v) is 2.75. The molecule has 6 heteroatoms. The number of carbonyl (C=O) groups excluding carboxylic acids is 1. The van der Waals surface area contributed by atoms with E-state index < -0.39 is 0 Å². The predicted octanol–water partition coefficient (Wildman–Crippen LogP) is 2.24. The lowest BCUT2D eigenvalue weighted by molar-refractivity contribution is -0.113. The highest BCUT2D eigenvalue weighted by atomic mass is 32.1. The Morgan fingerprint density at radius 2 is 2.14 bits per heavy atom. The molecule has 22 heavy (non-hydrogen) atoms. The van der Waals surface area contributed by atoms with Crippen molar-refractivity contribution in [3.8, 4) is 0 Å². The smallest absolute Gasteiger partial charge is 0.281 e. The predicted molar refractivity (Wildman–Crippen MR) is 90.2 cm³/mol. The normalized spacial score (nSPS) is 16.5. The molecule has 0 bridgehead atoms. The van der Waals surface area contributed by atoms with Crippen LogP contribution in [0.15, 0.2) is 42.4 Å². The van der Waals surface area contributed by atoms with E-state index in [-0.39, 0.29) is 5.91 Å². The Balaban J connectivity index is 1.97. The van der Waals surface area contributed by atoms with Crippen LogP contribution in [-0.2, 0) is 18.3 Å². The minimum Gasteiger partial charge on any atom is -0.327 e. The first-order chi connectivity index (χ1) is 10.6. The van der Waals surface area contributed by atoms with Crippen molar-refractivity contribution in [2.24, 2.45) is 7.05 Å². The number of thiocarbonyl (C=S) groups is 1. The quantitative estimate of drug-likeness (QED) is 0.697. The van der Waals surface area contributed by atoms with E-state index in [1.165, 1.54) is 0 Å². The highest BCUT2D eigenvalue weighted by molar-refractivity contribution is 7.80. The van der Waals surface area contributed by atoms with Gasteiger partial charge in [0.05, 0.1) is 11.9 Å². The lowest BCUT2D eigenvalue weighted by Gasteiger charge is -2.17. The van der Waals surface area contributed by atoms with Gasteiger partial charge in [-0.25, -0.2) is 0 Å². The van der Waals surface area contributed by atoms with E-state index in [1.54, 1.807) is 21.9 Å². The molecule has 1 saturated heterocycles. The number of anilines is 1. The Hall–Kier alpha value is -2.47. The number of aryl methyl sites for hydroxylation is 2. The molecule has 0 saturated carbocycles. The van der Waals surface area contributed by atoms with Crippen LogP contribution < -0.4 is 10.2 Å². The van der Waals surface area contributed by atoms with Crippen LogP contribution in [-0.4, -0.2) is 20.8 Å². The summed E-state index contributed by atoms with van der Waals surface area (Å²) in [7, 11) is 1.83. The molecule has 0 unspecified atom stereocenters. The number of nitrogens with one attached hydrogen (secondary N) is 1. The van der Waals surface area contributed by atoms with Crippen molar-refractivity contribution in [2.75, 3.05) is 4.90 Å². The second-order valence-electron chi connectivity index (χ2n) is 5.06. The van der Waals surface area contributed by atoms with E-state index in [1.807, 2.05) is 37.5 Å². The first-order valence-electron chi connectivity index (χ1n) is 7.04. The maximum Gasteiger partial charge on any atom is 0.281 e. The molecule has 0 aliphatic carbocycles. The molecule has 1 aromatic heterocycles. The van der Waals surface area contributed by atoms with Gasteiger partial charge in [0, 0.05) is 18.8 Å². The zero-order valence-electron chi connectivity index (χ0n) is 12.4. The number of aromatic nitrogens is 2. The largest absolute Gasteiger partial charge is 0.327 e. The van der Waals surface area contributed by atoms with Crippen molar-refractivity contribution < 1.29 is 4.79 Å². The maximum absolute atomic E-state index is 12.7. The van der Waals surface area contributed by atoms with Crippen molar-refractivity contribution in [3.63, 3.8) is 0 Å². The molecule has 2 heterocycles. The summed E-state index contributed by atoms with van der Waals surface area (Å²) in [5.41, 5.74) is 3.24. The average Bonchev–Trinajstić information content (AvgIpc) is 3.03. The Kier molecular flexibility index (Phi) is 3.77. The van der Waals surface area contributed by atoms with Crippen molar-refractivity contribution in [3.05, 3.63) is 53.5 Å². The summed E-state index contributed by atoms with van der Waals surface area (Å²) in [6.45, 7) is 2.06. The summed E-state index contributed by atoms with van der Waals surface area (Å²) in [5.74, 6) is -0.144. The topological polar surface area (TPSA) is 50.2 Å². The molecule has 5 nitrogen and oxygen atoms in total. The fourth-order valence-electron chi connectivity index (χ4n) is 2.46. The third-order valence-electron chi connectivity index (χ3n) is 3.53. The average molecular weight is 312 g/mol. The molecule has 1 amide bonds. The van der Waals surface area contributed by atoms with E-state index in [0.717, 1.165) is 23.2 Å². The molecule has 1 N–H and O–H groups in total. The third kappa shape index (κ3) is 2.53. The van der Waals surface area contributed by atoms with Crippen molar-refractivity contribution in [1.29, 1.82) is 0 Å². The van der Waals surface area contributed by atoms with Crippen molar-refractivity contribution >= 4 is 35.0 Å². The number of carbonyl (C=O) groups is 1. The summed E-state index contributed by atoms with van der Waals surface area (Å²) < 4.78 is 1.69. The second kappa shape index (κ2) is 5.73. The van der Waals surface area contributed by atoms with Gasteiger partial charge in [0.1, 0.15) is 5.70 Å². The first-order valence-corrected chi connectivity index (χ1v) is 7.44. The maximum atomic E-state index is 12.7. The van der Waals surface area contributed by atoms with Gasteiger partial charge in [0.2, 0.25) is 0 Å². The van der Waals surface area contributed by atoms with Crippen LogP contribution in [0.25, 0.3) is 6.08 Å². The molecule has 1 aromatic carbocycles. The highest BCUT2D eigenvalue weighted by Gasteiger charge is 2.32.